The van der Waals surface area contributed by atoms with Crippen LogP contribution in [-0.4, -0.2) is 24.0 Å². The summed E-state index contributed by atoms with van der Waals surface area (Å²) in [5.41, 5.74) is 1.72. The molecule has 1 aromatic rings. The maximum Gasteiger partial charge on any atom is 0.338 e. The van der Waals surface area contributed by atoms with Crippen molar-refractivity contribution in [3.63, 3.8) is 0 Å². The fourth-order valence-electron chi connectivity index (χ4n) is 2.63. The van der Waals surface area contributed by atoms with E-state index in [4.69, 9.17) is 4.74 Å². The van der Waals surface area contributed by atoms with Crippen molar-refractivity contribution in [2.75, 3.05) is 6.61 Å². The molecule has 5 nitrogen and oxygen atoms in total. The van der Waals surface area contributed by atoms with Crippen LogP contribution in [0.25, 0.3) is 0 Å². The van der Waals surface area contributed by atoms with Gasteiger partial charge in [-0.25, -0.2) is 4.79 Å². The van der Waals surface area contributed by atoms with E-state index >= 15 is 0 Å². The fraction of sp³-hybridized carbons (Fsp3) is 0.471. The van der Waals surface area contributed by atoms with Crippen molar-refractivity contribution in [1.29, 1.82) is 5.26 Å². The van der Waals surface area contributed by atoms with Crippen LogP contribution in [-0.2, 0) is 9.53 Å². The second-order valence-electron chi connectivity index (χ2n) is 5.82. The summed E-state index contributed by atoms with van der Waals surface area (Å²) in [5, 5.41) is 11.9. The highest BCUT2D eigenvalue weighted by Gasteiger charge is 2.35. The molecule has 1 aromatic carbocycles. The number of ether oxygens (including phenoxy) is 1. The van der Waals surface area contributed by atoms with E-state index in [1.54, 1.807) is 12.1 Å². The molecule has 116 valence electrons. The fourth-order valence-corrected chi connectivity index (χ4v) is 2.63. The number of nitrogens with zero attached hydrogens (tertiary/aromatic N) is 1. The summed E-state index contributed by atoms with van der Waals surface area (Å²) in [7, 11) is 0. The average molecular weight is 300 g/mol. The van der Waals surface area contributed by atoms with E-state index < -0.39 is 17.4 Å². The van der Waals surface area contributed by atoms with Crippen molar-refractivity contribution in [3.8, 4) is 6.07 Å². The predicted octanol–water partition coefficient (Wildman–Crippen LogP) is 2.41. The molecule has 2 rings (SSSR count). The van der Waals surface area contributed by atoms with E-state index in [1.807, 2.05) is 19.9 Å². The lowest BCUT2D eigenvalue weighted by Gasteiger charge is -2.21. The van der Waals surface area contributed by atoms with E-state index in [0.29, 0.717) is 18.4 Å². The minimum Gasteiger partial charge on any atom is -0.452 e. The normalized spacial score (nSPS) is 15.9. The van der Waals surface area contributed by atoms with Crippen LogP contribution < -0.4 is 5.32 Å². The molecule has 0 saturated heterocycles. The zero-order chi connectivity index (χ0) is 16.2. The Bertz CT molecular complexity index is 625. The first-order valence-electron chi connectivity index (χ1n) is 7.42. The maximum absolute atomic E-state index is 11.9. The van der Waals surface area contributed by atoms with Gasteiger partial charge in [0.2, 0.25) is 0 Å². The Morgan fingerprint density at radius 2 is 1.95 bits per heavy atom. The molecule has 1 saturated carbocycles. The first kappa shape index (κ1) is 16.0. The lowest BCUT2D eigenvalue weighted by Crippen LogP contribution is -2.46. The molecule has 0 unspecified atom stereocenters. The quantitative estimate of drug-likeness (QED) is 0.866. The van der Waals surface area contributed by atoms with Crippen LogP contribution in [0, 0.1) is 25.2 Å². The molecule has 5 heteroatoms. The summed E-state index contributed by atoms with van der Waals surface area (Å²) in [5.74, 6) is -0.962. The number of hydrogen-bond acceptors (Lipinski definition) is 4. The number of nitrogens with one attached hydrogen (secondary N) is 1. The number of benzene rings is 1. The van der Waals surface area contributed by atoms with E-state index in [2.05, 4.69) is 11.4 Å². The van der Waals surface area contributed by atoms with E-state index in [-0.39, 0.29) is 6.61 Å². The smallest absolute Gasteiger partial charge is 0.338 e. The molecular formula is C17H20N2O3. The van der Waals surface area contributed by atoms with Crippen LogP contribution in [0.5, 0.6) is 0 Å². The van der Waals surface area contributed by atoms with Gasteiger partial charge in [0.25, 0.3) is 5.91 Å². The minimum absolute atomic E-state index is 0.366. The Morgan fingerprint density at radius 3 is 2.55 bits per heavy atom. The summed E-state index contributed by atoms with van der Waals surface area (Å²) in [6.45, 7) is 3.51. The van der Waals surface area contributed by atoms with Gasteiger partial charge >= 0.3 is 5.97 Å². The molecule has 0 radical (unpaired) electrons. The van der Waals surface area contributed by atoms with Crippen molar-refractivity contribution in [2.45, 2.75) is 45.1 Å². The van der Waals surface area contributed by atoms with Gasteiger partial charge in [0.15, 0.2) is 6.61 Å². The first-order chi connectivity index (χ1) is 10.5. The Morgan fingerprint density at radius 1 is 1.27 bits per heavy atom. The van der Waals surface area contributed by atoms with Crippen LogP contribution in [0.4, 0.5) is 0 Å². The predicted molar refractivity (Wildman–Crippen MR) is 81.2 cm³/mol. The molecule has 0 bridgehead atoms. The number of nitriles is 1. The molecule has 0 heterocycles. The standard InChI is InChI=1S/C17H20N2O3/c1-12-5-6-14(9-13(12)2)16(21)22-10-15(20)19-17(11-18)7-3-4-8-17/h5-6,9H,3-4,7-8,10H2,1-2H3,(H,19,20). The van der Waals surface area contributed by atoms with Crippen LogP contribution in [0.15, 0.2) is 18.2 Å². The maximum atomic E-state index is 11.9. The molecule has 22 heavy (non-hydrogen) atoms. The van der Waals surface area contributed by atoms with E-state index in [9.17, 15) is 14.9 Å². The van der Waals surface area contributed by atoms with Crippen LogP contribution in [0.2, 0.25) is 0 Å². The third kappa shape index (κ3) is 3.64. The zero-order valence-corrected chi connectivity index (χ0v) is 12.9. The Hall–Kier alpha value is -2.35. The van der Waals surface area contributed by atoms with E-state index in [0.717, 1.165) is 24.0 Å². The number of carbonyl (C=O) groups is 2. The molecule has 0 aliphatic heterocycles. The molecule has 0 aromatic heterocycles. The number of amides is 1. The summed E-state index contributed by atoms with van der Waals surface area (Å²) in [6.07, 6.45) is 3.16. The lowest BCUT2D eigenvalue weighted by molar-refractivity contribution is -0.125. The summed E-state index contributed by atoms with van der Waals surface area (Å²) in [4.78, 5) is 23.8. The van der Waals surface area contributed by atoms with Crippen LogP contribution in [0.3, 0.4) is 0 Å². The van der Waals surface area contributed by atoms with Gasteiger partial charge < -0.3 is 10.1 Å². The summed E-state index contributed by atoms with van der Waals surface area (Å²) < 4.78 is 5.02. The lowest BCUT2D eigenvalue weighted by atomic mass is 10.00. The molecule has 1 fully saturated rings. The largest absolute Gasteiger partial charge is 0.452 e. The van der Waals surface area contributed by atoms with Gasteiger partial charge in [0.1, 0.15) is 5.54 Å². The SMILES string of the molecule is Cc1ccc(C(=O)OCC(=O)NC2(C#N)CCCC2)cc1C. The van der Waals surface area contributed by atoms with E-state index in [1.165, 1.54) is 0 Å². The Balaban J connectivity index is 1.89. The summed E-state index contributed by atoms with van der Waals surface area (Å²) in [6, 6.07) is 7.43. The minimum atomic E-state index is -0.788. The highest BCUT2D eigenvalue weighted by Crippen LogP contribution is 2.28. The summed E-state index contributed by atoms with van der Waals surface area (Å²) >= 11 is 0. The molecule has 0 atom stereocenters. The van der Waals surface area contributed by atoms with Gasteiger partial charge in [0.05, 0.1) is 11.6 Å². The second-order valence-corrected chi connectivity index (χ2v) is 5.82. The number of aryl methyl sites for hydroxylation is 2. The third-order valence-electron chi connectivity index (χ3n) is 4.13. The van der Waals surface area contributed by atoms with Gasteiger partial charge in [0, 0.05) is 0 Å². The highest BCUT2D eigenvalue weighted by atomic mass is 16.5. The molecule has 1 aliphatic rings. The average Bonchev–Trinajstić information content (AvgIpc) is 2.96. The highest BCUT2D eigenvalue weighted by molar-refractivity contribution is 5.91. The Kier molecular flexibility index (Phi) is 4.81. The van der Waals surface area contributed by atoms with Gasteiger partial charge in [-0.2, -0.15) is 5.26 Å². The van der Waals surface area contributed by atoms with Gasteiger partial charge in [-0.15, -0.1) is 0 Å². The monoisotopic (exact) mass is 300 g/mol. The van der Waals surface area contributed by atoms with Gasteiger partial charge in [-0.3, -0.25) is 4.79 Å². The second kappa shape index (κ2) is 6.61. The third-order valence-corrected chi connectivity index (χ3v) is 4.13. The first-order valence-corrected chi connectivity index (χ1v) is 7.42. The van der Waals surface area contributed by atoms with Gasteiger partial charge in [-0.1, -0.05) is 6.07 Å². The van der Waals surface area contributed by atoms with Crippen molar-refractivity contribution in [2.24, 2.45) is 0 Å². The van der Waals surface area contributed by atoms with Crippen LogP contribution in [0.1, 0.15) is 47.2 Å². The Labute approximate surface area is 130 Å². The van der Waals surface area contributed by atoms with Crippen molar-refractivity contribution < 1.29 is 14.3 Å². The van der Waals surface area contributed by atoms with Crippen molar-refractivity contribution in [1.82, 2.24) is 5.32 Å². The van der Waals surface area contributed by atoms with Gasteiger partial charge in [-0.05, 0) is 62.8 Å². The molecular weight excluding hydrogens is 280 g/mol. The van der Waals surface area contributed by atoms with Crippen molar-refractivity contribution in [3.05, 3.63) is 34.9 Å². The topological polar surface area (TPSA) is 79.2 Å². The number of hydrogen-bond donors (Lipinski definition) is 1. The zero-order valence-electron chi connectivity index (χ0n) is 12.9. The number of carbonyl (C=O) groups excluding carboxylic acids is 2. The molecule has 0 spiro atoms. The molecule has 1 aliphatic carbocycles. The molecule has 1 N–H and O–H groups in total. The number of rotatable bonds is 4. The van der Waals surface area contributed by atoms with Crippen LogP contribution >= 0.6 is 0 Å². The number of esters is 1. The molecule has 1 amide bonds. The van der Waals surface area contributed by atoms with Crippen molar-refractivity contribution >= 4 is 11.9 Å².